The normalized spacial score (nSPS) is 11.3. The van der Waals surface area contributed by atoms with Crippen molar-refractivity contribution >= 4 is 12.1 Å². The largest absolute Gasteiger partial charge is 0.497 e. The van der Waals surface area contributed by atoms with Crippen LogP contribution in [-0.4, -0.2) is 38.5 Å². The number of carbonyl (C=O) groups is 1. The number of oxime groups is 1. The predicted octanol–water partition coefficient (Wildman–Crippen LogP) is 2.36. The van der Waals surface area contributed by atoms with Crippen molar-refractivity contribution in [1.82, 2.24) is 5.32 Å². The smallest absolute Gasteiger partial charge is 0.261 e. The molecule has 0 aromatic heterocycles. The molecule has 0 radical (unpaired) electrons. The van der Waals surface area contributed by atoms with Gasteiger partial charge in [0.2, 0.25) is 0 Å². The van der Waals surface area contributed by atoms with Gasteiger partial charge in [-0.25, -0.2) is 0 Å². The molecule has 0 aliphatic heterocycles. The van der Waals surface area contributed by atoms with Crippen LogP contribution >= 0.6 is 0 Å². The Labute approximate surface area is 131 Å². The van der Waals surface area contributed by atoms with Crippen LogP contribution in [0.1, 0.15) is 32.8 Å². The van der Waals surface area contributed by atoms with Crippen LogP contribution in [-0.2, 0) is 9.63 Å². The average Bonchev–Trinajstić information content (AvgIpc) is 2.50. The van der Waals surface area contributed by atoms with E-state index in [1.807, 2.05) is 20.8 Å². The van der Waals surface area contributed by atoms with Crippen LogP contribution in [0.15, 0.2) is 23.4 Å². The molecular weight excluding hydrogens is 284 g/mol. The lowest BCUT2D eigenvalue weighted by Crippen LogP contribution is -2.44. The molecular formula is C16H24N2O4. The van der Waals surface area contributed by atoms with Crippen LogP contribution in [0.3, 0.4) is 0 Å². The Morgan fingerprint density at radius 2 is 2.05 bits per heavy atom. The van der Waals surface area contributed by atoms with Crippen molar-refractivity contribution in [3.8, 4) is 11.5 Å². The summed E-state index contributed by atoms with van der Waals surface area (Å²) in [4.78, 5) is 16.7. The monoisotopic (exact) mass is 308 g/mol. The first kappa shape index (κ1) is 17.8. The van der Waals surface area contributed by atoms with Gasteiger partial charge in [0.1, 0.15) is 11.5 Å². The van der Waals surface area contributed by atoms with Crippen molar-refractivity contribution in [1.29, 1.82) is 0 Å². The van der Waals surface area contributed by atoms with Gasteiger partial charge < -0.3 is 19.6 Å². The summed E-state index contributed by atoms with van der Waals surface area (Å²) in [7, 11) is 3.15. The lowest BCUT2D eigenvalue weighted by Gasteiger charge is -2.23. The molecule has 0 fully saturated rings. The summed E-state index contributed by atoms with van der Waals surface area (Å²) in [5.74, 6) is 1.12. The van der Waals surface area contributed by atoms with Crippen LogP contribution in [0.5, 0.6) is 11.5 Å². The van der Waals surface area contributed by atoms with Gasteiger partial charge in [0, 0.05) is 11.1 Å². The van der Waals surface area contributed by atoms with Crippen molar-refractivity contribution in [3.05, 3.63) is 23.8 Å². The number of rotatable bonds is 8. The van der Waals surface area contributed by atoms with Crippen LogP contribution < -0.4 is 14.8 Å². The van der Waals surface area contributed by atoms with E-state index in [1.165, 1.54) is 6.21 Å². The highest BCUT2D eigenvalue weighted by Gasteiger charge is 2.17. The highest BCUT2D eigenvalue weighted by molar-refractivity contribution is 5.84. The van der Waals surface area contributed by atoms with Gasteiger partial charge in [-0.1, -0.05) is 12.1 Å². The molecule has 1 amide bonds. The zero-order valence-electron chi connectivity index (χ0n) is 13.8. The number of nitrogens with one attached hydrogen (secondary N) is 1. The minimum absolute atomic E-state index is 0.133. The molecule has 0 saturated heterocycles. The number of benzene rings is 1. The van der Waals surface area contributed by atoms with E-state index in [0.29, 0.717) is 17.1 Å². The molecule has 0 unspecified atom stereocenters. The highest BCUT2D eigenvalue weighted by atomic mass is 16.6. The fourth-order valence-electron chi connectivity index (χ4n) is 1.63. The Morgan fingerprint density at radius 1 is 1.32 bits per heavy atom. The van der Waals surface area contributed by atoms with Gasteiger partial charge in [0.05, 0.1) is 20.4 Å². The summed E-state index contributed by atoms with van der Waals surface area (Å²) < 4.78 is 10.4. The SMILES string of the molecule is CCC(C)(C)NC(=O)CO/N=C/c1cc(OC)ccc1OC. The molecule has 1 rings (SSSR count). The summed E-state index contributed by atoms with van der Waals surface area (Å²) in [5, 5.41) is 6.66. The fraction of sp³-hybridized carbons (Fsp3) is 0.500. The molecule has 1 aromatic carbocycles. The molecule has 0 heterocycles. The van der Waals surface area contributed by atoms with Crippen molar-refractivity contribution in [2.75, 3.05) is 20.8 Å². The molecule has 0 saturated carbocycles. The number of carbonyl (C=O) groups excluding carboxylic acids is 1. The molecule has 6 nitrogen and oxygen atoms in total. The Morgan fingerprint density at radius 3 is 2.64 bits per heavy atom. The van der Waals surface area contributed by atoms with Crippen molar-refractivity contribution < 1.29 is 19.1 Å². The van der Waals surface area contributed by atoms with Crippen LogP contribution in [0.2, 0.25) is 0 Å². The molecule has 0 bridgehead atoms. The molecule has 0 aliphatic rings. The molecule has 6 heteroatoms. The van der Waals surface area contributed by atoms with E-state index in [0.717, 1.165) is 6.42 Å². The van der Waals surface area contributed by atoms with Crippen molar-refractivity contribution in [3.63, 3.8) is 0 Å². The predicted molar refractivity (Wildman–Crippen MR) is 85.6 cm³/mol. The Kier molecular flexibility index (Phi) is 6.69. The Balaban J connectivity index is 2.57. The third-order valence-corrected chi connectivity index (χ3v) is 3.26. The molecule has 122 valence electrons. The number of ether oxygens (including phenoxy) is 2. The minimum atomic E-state index is -0.250. The van der Waals surface area contributed by atoms with E-state index in [2.05, 4.69) is 10.5 Å². The van der Waals surface area contributed by atoms with E-state index < -0.39 is 0 Å². The lowest BCUT2D eigenvalue weighted by molar-refractivity contribution is -0.127. The molecule has 0 aliphatic carbocycles. The van der Waals surface area contributed by atoms with Crippen LogP contribution in [0.25, 0.3) is 0 Å². The topological polar surface area (TPSA) is 69.2 Å². The van der Waals surface area contributed by atoms with E-state index in [4.69, 9.17) is 14.3 Å². The van der Waals surface area contributed by atoms with Gasteiger partial charge in [-0.05, 0) is 38.5 Å². The van der Waals surface area contributed by atoms with E-state index in [1.54, 1.807) is 32.4 Å². The summed E-state index contributed by atoms with van der Waals surface area (Å²) in [6.45, 7) is 5.78. The van der Waals surface area contributed by atoms with E-state index in [-0.39, 0.29) is 18.1 Å². The zero-order valence-corrected chi connectivity index (χ0v) is 13.8. The van der Waals surface area contributed by atoms with Crippen molar-refractivity contribution in [2.45, 2.75) is 32.7 Å². The number of amides is 1. The fourth-order valence-corrected chi connectivity index (χ4v) is 1.63. The van der Waals surface area contributed by atoms with Crippen LogP contribution in [0.4, 0.5) is 0 Å². The number of hydrogen-bond donors (Lipinski definition) is 1. The second-order valence-electron chi connectivity index (χ2n) is 5.40. The third kappa shape index (κ3) is 5.63. The zero-order chi connectivity index (χ0) is 16.6. The van der Waals surface area contributed by atoms with Gasteiger partial charge in [-0.15, -0.1) is 0 Å². The molecule has 0 atom stereocenters. The minimum Gasteiger partial charge on any atom is -0.497 e. The molecule has 22 heavy (non-hydrogen) atoms. The Hall–Kier alpha value is -2.24. The first-order valence-corrected chi connectivity index (χ1v) is 7.10. The first-order valence-electron chi connectivity index (χ1n) is 7.10. The van der Waals surface area contributed by atoms with Gasteiger partial charge in [0.25, 0.3) is 5.91 Å². The second-order valence-corrected chi connectivity index (χ2v) is 5.40. The first-order chi connectivity index (χ1) is 10.4. The summed E-state index contributed by atoms with van der Waals surface area (Å²) in [6.07, 6.45) is 2.32. The molecule has 1 N–H and O–H groups in total. The third-order valence-electron chi connectivity index (χ3n) is 3.26. The van der Waals surface area contributed by atoms with Gasteiger partial charge in [-0.2, -0.15) is 0 Å². The van der Waals surface area contributed by atoms with Gasteiger partial charge in [-0.3, -0.25) is 4.79 Å². The highest BCUT2D eigenvalue weighted by Crippen LogP contribution is 2.22. The standard InChI is InChI=1S/C16H24N2O4/c1-6-16(2,3)18-15(19)11-22-17-10-12-9-13(20-4)7-8-14(12)21-5/h7-10H,6,11H2,1-5H3,(H,18,19)/b17-10+. The number of nitrogens with zero attached hydrogens (tertiary/aromatic N) is 1. The van der Waals surface area contributed by atoms with Gasteiger partial charge in [0.15, 0.2) is 6.61 Å². The van der Waals surface area contributed by atoms with Crippen molar-refractivity contribution in [2.24, 2.45) is 5.16 Å². The van der Waals surface area contributed by atoms with E-state index in [9.17, 15) is 4.79 Å². The maximum absolute atomic E-state index is 11.7. The van der Waals surface area contributed by atoms with E-state index >= 15 is 0 Å². The lowest BCUT2D eigenvalue weighted by atomic mass is 10.0. The molecule has 0 spiro atoms. The van der Waals surface area contributed by atoms with Gasteiger partial charge >= 0.3 is 0 Å². The maximum Gasteiger partial charge on any atom is 0.261 e. The summed E-state index contributed by atoms with van der Waals surface area (Å²) >= 11 is 0. The Bertz CT molecular complexity index is 527. The number of hydrogen-bond acceptors (Lipinski definition) is 5. The average molecular weight is 308 g/mol. The number of methoxy groups -OCH3 is 2. The quantitative estimate of drug-likeness (QED) is 0.591. The van der Waals surface area contributed by atoms with Crippen LogP contribution in [0, 0.1) is 0 Å². The molecule has 1 aromatic rings. The summed E-state index contributed by atoms with van der Waals surface area (Å²) in [5.41, 5.74) is 0.455. The maximum atomic E-state index is 11.7. The second kappa shape index (κ2) is 8.26. The summed E-state index contributed by atoms with van der Waals surface area (Å²) in [6, 6.07) is 5.33.